The van der Waals surface area contributed by atoms with Crippen LogP contribution in [0.2, 0.25) is 0 Å². The number of hydrogen-bond acceptors (Lipinski definition) is 3. The van der Waals surface area contributed by atoms with Crippen LogP contribution in [0, 0.1) is 0 Å². The lowest BCUT2D eigenvalue weighted by atomic mass is 10.3. The highest BCUT2D eigenvalue weighted by molar-refractivity contribution is 9.11. The lowest BCUT2D eigenvalue weighted by Crippen LogP contribution is -2.24. The van der Waals surface area contributed by atoms with Gasteiger partial charge in [-0.1, -0.05) is 22.5 Å². The van der Waals surface area contributed by atoms with Gasteiger partial charge in [-0.3, -0.25) is 0 Å². The number of carboxylic acids is 1. The van der Waals surface area contributed by atoms with Crippen LogP contribution in [0.1, 0.15) is 30.4 Å². The molecule has 106 valence electrons. The van der Waals surface area contributed by atoms with Crippen LogP contribution in [-0.2, 0) is 10.0 Å². The van der Waals surface area contributed by atoms with E-state index in [9.17, 15) is 13.2 Å². The zero-order valence-corrected chi connectivity index (χ0v) is 13.0. The van der Waals surface area contributed by atoms with Gasteiger partial charge in [0.2, 0.25) is 10.0 Å². The average Bonchev–Trinajstić information content (AvgIpc) is 2.72. The molecule has 0 aliphatic heterocycles. The second kappa shape index (κ2) is 5.89. The van der Waals surface area contributed by atoms with Gasteiger partial charge in [0.1, 0.15) is 10.6 Å². The fourth-order valence-electron chi connectivity index (χ4n) is 1.46. The Morgan fingerprint density at radius 2 is 2.16 bits per heavy atom. The van der Waals surface area contributed by atoms with E-state index >= 15 is 0 Å². The van der Waals surface area contributed by atoms with Gasteiger partial charge in [-0.05, 0) is 19.9 Å². The molecule has 19 heavy (non-hydrogen) atoms. The minimum atomic E-state index is -3.75. The first-order valence-corrected chi connectivity index (χ1v) is 7.71. The predicted molar refractivity (Wildman–Crippen MR) is 75.0 cm³/mol. The van der Waals surface area contributed by atoms with Gasteiger partial charge in [0.05, 0.1) is 0 Å². The number of hydrogen-bond donors (Lipinski definition) is 2. The molecule has 0 bridgehead atoms. The van der Waals surface area contributed by atoms with Crippen LogP contribution in [0.4, 0.5) is 0 Å². The second-order valence-corrected chi connectivity index (χ2v) is 7.10. The van der Waals surface area contributed by atoms with Crippen molar-refractivity contribution >= 4 is 31.9 Å². The van der Waals surface area contributed by atoms with E-state index in [-0.39, 0.29) is 23.2 Å². The van der Waals surface area contributed by atoms with Crippen LogP contribution < -0.4 is 4.72 Å². The minimum absolute atomic E-state index is 0.0393. The third kappa shape index (κ3) is 3.92. The summed E-state index contributed by atoms with van der Waals surface area (Å²) in [4.78, 5) is 11.0. The molecule has 1 rings (SSSR count). The molecular formula is C11H15BrN2O4S. The standard InChI is InChI=1S/C11H15BrN2O4S/c1-7(2)14-6-9(4-10(14)11(15)16)19(17,18)13-5-8(3)12/h4,6-7,13H,3,5H2,1-2H3,(H,15,16). The smallest absolute Gasteiger partial charge is 0.352 e. The van der Waals surface area contributed by atoms with Crippen LogP contribution >= 0.6 is 15.9 Å². The summed E-state index contributed by atoms with van der Waals surface area (Å²) in [7, 11) is -3.75. The molecule has 1 heterocycles. The minimum Gasteiger partial charge on any atom is -0.477 e. The van der Waals surface area contributed by atoms with Gasteiger partial charge in [0, 0.05) is 23.3 Å². The van der Waals surface area contributed by atoms with Crippen molar-refractivity contribution < 1.29 is 18.3 Å². The van der Waals surface area contributed by atoms with Crippen LogP contribution in [0.5, 0.6) is 0 Å². The van der Waals surface area contributed by atoms with E-state index in [1.807, 2.05) is 0 Å². The molecule has 0 unspecified atom stereocenters. The van der Waals surface area contributed by atoms with Gasteiger partial charge < -0.3 is 9.67 Å². The largest absolute Gasteiger partial charge is 0.477 e. The van der Waals surface area contributed by atoms with E-state index in [1.165, 1.54) is 10.8 Å². The Morgan fingerprint density at radius 1 is 1.58 bits per heavy atom. The van der Waals surface area contributed by atoms with Crippen molar-refractivity contribution in [3.8, 4) is 0 Å². The molecule has 1 aromatic rings. The quantitative estimate of drug-likeness (QED) is 0.820. The first-order chi connectivity index (χ1) is 8.65. The average molecular weight is 351 g/mol. The van der Waals surface area contributed by atoms with Gasteiger partial charge in [-0.25, -0.2) is 17.9 Å². The Hall–Kier alpha value is -1.12. The molecule has 0 amide bonds. The number of aromatic carboxylic acids is 1. The maximum Gasteiger partial charge on any atom is 0.352 e. The Bertz CT molecular complexity index is 604. The summed E-state index contributed by atoms with van der Waals surface area (Å²) in [5.74, 6) is -1.17. The topological polar surface area (TPSA) is 88.4 Å². The number of sulfonamides is 1. The highest BCUT2D eigenvalue weighted by Crippen LogP contribution is 2.19. The van der Waals surface area contributed by atoms with Crippen LogP contribution in [0.15, 0.2) is 28.2 Å². The molecule has 0 aliphatic carbocycles. The Kier molecular flexibility index (Phi) is 4.94. The van der Waals surface area contributed by atoms with Gasteiger partial charge in [-0.2, -0.15) is 0 Å². The van der Waals surface area contributed by atoms with E-state index in [0.717, 1.165) is 6.07 Å². The summed E-state index contributed by atoms with van der Waals surface area (Å²) in [6.45, 7) is 7.11. The molecule has 0 aromatic carbocycles. The van der Waals surface area contributed by atoms with Crippen molar-refractivity contribution in [3.05, 3.63) is 29.0 Å². The monoisotopic (exact) mass is 350 g/mol. The van der Waals surface area contributed by atoms with E-state index in [4.69, 9.17) is 5.11 Å². The number of nitrogens with zero attached hydrogens (tertiary/aromatic N) is 1. The fraction of sp³-hybridized carbons (Fsp3) is 0.364. The Labute approximate surface area is 120 Å². The number of halogens is 1. The maximum absolute atomic E-state index is 12.0. The molecule has 0 saturated heterocycles. The number of aromatic nitrogens is 1. The molecule has 2 N–H and O–H groups in total. The van der Waals surface area contributed by atoms with Crippen molar-refractivity contribution in [1.29, 1.82) is 0 Å². The van der Waals surface area contributed by atoms with Gasteiger partial charge in [0.25, 0.3) is 0 Å². The normalized spacial score (nSPS) is 11.8. The Morgan fingerprint density at radius 3 is 2.53 bits per heavy atom. The summed E-state index contributed by atoms with van der Waals surface area (Å²) < 4.78 is 28.1. The lowest BCUT2D eigenvalue weighted by Gasteiger charge is -2.09. The fourth-order valence-corrected chi connectivity index (χ4v) is 2.83. The van der Waals surface area contributed by atoms with Crippen molar-refractivity contribution in [2.45, 2.75) is 24.8 Å². The van der Waals surface area contributed by atoms with E-state index in [0.29, 0.717) is 4.48 Å². The Balaban J connectivity index is 3.18. The molecule has 0 fully saturated rings. The molecule has 1 aromatic heterocycles. The lowest BCUT2D eigenvalue weighted by molar-refractivity contribution is 0.0683. The summed E-state index contributed by atoms with van der Waals surface area (Å²) in [5, 5.41) is 9.05. The van der Waals surface area contributed by atoms with E-state index in [2.05, 4.69) is 27.2 Å². The van der Waals surface area contributed by atoms with E-state index < -0.39 is 16.0 Å². The number of rotatable bonds is 6. The zero-order chi connectivity index (χ0) is 14.8. The highest BCUT2D eigenvalue weighted by atomic mass is 79.9. The molecule has 0 spiro atoms. The van der Waals surface area contributed by atoms with Crippen molar-refractivity contribution in [2.24, 2.45) is 0 Å². The SMILES string of the molecule is C=C(Br)CNS(=O)(=O)c1cc(C(=O)O)n(C(C)C)c1. The van der Waals surface area contributed by atoms with Crippen molar-refractivity contribution in [1.82, 2.24) is 9.29 Å². The molecule has 0 radical (unpaired) electrons. The third-order valence-corrected chi connectivity index (χ3v) is 4.01. The van der Waals surface area contributed by atoms with Gasteiger partial charge in [-0.15, -0.1) is 0 Å². The molecular weight excluding hydrogens is 336 g/mol. The predicted octanol–water partition coefficient (Wildman–Crippen LogP) is 1.95. The first-order valence-electron chi connectivity index (χ1n) is 5.43. The first kappa shape index (κ1) is 15.9. The number of carboxylic acid groups (broad SMARTS) is 1. The summed E-state index contributed by atoms with van der Waals surface area (Å²) in [5.41, 5.74) is -0.0620. The zero-order valence-electron chi connectivity index (χ0n) is 10.6. The molecule has 6 nitrogen and oxygen atoms in total. The maximum atomic E-state index is 12.0. The molecule has 0 aliphatic rings. The summed E-state index contributed by atoms with van der Waals surface area (Å²) >= 11 is 3.05. The second-order valence-electron chi connectivity index (χ2n) is 4.21. The van der Waals surface area contributed by atoms with Crippen LogP contribution in [-0.4, -0.2) is 30.6 Å². The summed E-state index contributed by atoms with van der Waals surface area (Å²) in [6.07, 6.45) is 1.31. The third-order valence-electron chi connectivity index (χ3n) is 2.36. The highest BCUT2D eigenvalue weighted by Gasteiger charge is 2.22. The molecule has 0 saturated carbocycles. The summed E-state index contributed by atoms with van der Waals surface area (Å²) in [6, 6.07) is 0.989. The van der Waals surface area contributed by atoms with Crippen molar-refractivity contribution in [2.75, 3.05) is 6.54 Å². The van der Waals surface area contributed by atoms with Crippen LogP contribution in [0.25, 0.3) is 0 Å². The number of carbonyl (C=O) groups is 1. The van der Waals surface area contributed by atoms with Gasteiger partial charge in [0.15, 0.2) is 0 Å². The van der Waals surface area contributed by atoms with Crippen molar-refractivity contribution in [3.63, 3.8) is 0 Å². The van der Waals surface area contributed by atoms with Crippen LogP contribution in [0.3, 0.4) is 0 Å². The van der Waals surface area contributed by atoms with Gasteiger partial charge >= 0.3 is 5.97 Å². The molecule has 8 heteroatoms. The molecule has 0 atom stereocenters. The van der Waals surface area contributed by atoms with E-state index in [1.54, 1.807) is 13.8 Å². The number of nitrogens with one attached hydrogen (secondary N) is 1.